The van der Waals surface area contributed by atoms with Gasteiger partial charge in [0.25, 0.3) is 0 Å². The summed E-state index contributed by atoms with van der Waals surface area (Å²) in [7, 11) is 0. The van der Waals surface area contributed by atoms with E-state index in [0.717, 1.165) is 18.2 Å². The summed E-state index contributed by atoms with van der Waals surface area (Å²) < 4.78 is 50.9. The topological polar surface area (TPSA) is 32.3 Å². The molecular formula is C10H10ClF4NO. The Morgan fingerprint density at radius 2 is 2.00 bits per heavy atom. The summed E-state index contributed by atoms with van der Waals surface area (Å²) in [5.41, 5.74) is -1.79. The fraction of sp³-hybridized carbons (Fsp3) is 0.400. The number of para-hydroxylation sites is 1. The van der Waals surface area contributed by atoms with Crippen LogP contribution < -0.4 is 5.32 Å². The molecule has 0 aliphatic heterocycles. The van der Waals surface area contributed by atoms with E-state index < -0.39 is 29.3 Å². The van der Waals surface area contributed by atoms with Crippen LogP contribution in [-0.4, -0.2) is 23.6 Å². The smallest absolute Gasteiger partial charge is 0.390 e. The minimum atomic E-state index is -4.66. The highest BCUT2D eigenvalue weighted by Gasteiger charge is 2.34. The normalized spacial score (nSPS) is 13.5. The number of alkyl halides is 4. The molecule has 0 aliphatic carbocycles. The number of nitrogens with one attached hydrogen (secondary N) is 1. The summed E-state index contributed by atoms with van der Waals surface area (Å²) in [6, 6.07) is 2.64. The van der Waals surface area contributed by atoms with Crippen LogP contribution in [0.2, 0.25) is 0 Å². The van der Waals surface area contributed by atoms with Gasteiger partial charge >= 0.3 is 6.18 Å². The summed E-state index contributed by atoms with van der Waals surface area (Å²) in [5.74, 6) is -1.18. The second kappa shape index (κ2) is 5.55. The Labute approximate surface area is 100 Å². The fourth-order valence-corrected chi connectivity index (χ4v) is 1.32. The Hall–Kier alpha value is -1.01. The van der Waals surface area contributed by atoms with Crippen molar-refractivity contribution in [2.24, 2.45) is 0 Å². The lowest BCUT2D eigenvalue weighted by Crippen LogP contribution is -2.23. The van der Waals surface area contributed by atoms with Gasteiger partial charge in [-0.3, -0.25) is 0 Å². The Morgan fingerprint density at radius 1 is 1.35 bits per heavy atom. The van der Waals surface area contributed by atoms with Crippen LogP contribution >= 0.6 is 11.6 Å². The van der Waals surface area contributed by atoms with Crippen LogP contribution in [0.4, 0.5) is 23.2 Å². The average molecular weight is 272 g/mol. The highest BCUT2D eigenvalue weighted by Crippen LogP contribution is 2.35. The van der Waals surface area contributed by atoms with Crippen molar-refractivity contribution in [3.8, 4) is 0 Å². The van der Waals surface area contributed by atoms with E-state index in [9.17, 15) is 17.6 Å². The number of anilines is 1. The molecule has 7 heteroatoms. The Balaban J connectivity index is 2.96. The summed E-state index contributed by atoms with van der Waals surface area (Å²) >= 11 is 5.28. The summed E-state index contributed by atoms with van der Waals surface area (Å²) in [6.45, 7) is -0.256. The number of halogens is 5. The molecule has 0 bridgehead atoms. The van der Waals surface area contributed by atoms with E-state index in [4.69, 9.17) is 16.7 Å². The molecular weight excluding hydrogens is 262 g/mol. The molecule has 1 aromatic rings. The SMILES string of the molecule is OC(CCl)CNc1c(F)cccc1C(F)(F)F. The third-order valence-corrected chi connectivity index (χ3v) is 2.37. The molecule has 2 nitrogen and oxygen atoms in total. The molecule has 1 rings (SSSR count). The lowest BCUT2D eigenvalue weighted by atomic mass is 10.1. The third-order valence-electron chi connectivity index (χ3n) is 2.01. The van der Waals surface area contributed by atoms with Gasteiger partial charge in [0.2, 0.25) is 0 Å². The van der Waals surface area contributed by atoms with Crippen molar-refractivity contribution >= 4 is 17.3 Å². The van der Waals surface area contributed by atoms with Gasteiger partial charge in [0.1, 0.15) is 5.82 Å². The molecule has 0 spiro atoms. The van der Waals surface area contributed by atoms with E-state index in [-0.39, 0.29) is 12.4 Å². The maximum atomic E-state index is 13.3. The van der Waals surface area contributed by atoms with Crippen LogP contribution in [0.1, 0.15) is 5.56 Å². The van der Waals surface area contributed by atoms with Crippen molar-refractivity contribution in [1.82, 2.24) is 0 Å². The first kappa shape index (κ1) is 14.1. The molecule has 1 unspecified atom stereocenters. The minimum absolute atomic E-state index is 0.150. The van der Waals surface area contributed by atoms with Crippen molar-refractivity contribution in [3.63, 3.8) is 0 Å². The zero-order chi connectivity index (χ0) is 13.1. The third kappa shape index (κ3) is 3.74. The van der Waals surface area contributed by atoms with E-state index in [1.54, 1.807) is 0 Å². The van der Waals surface area contributed by atoms with Crippen molar-refractivity contribution in [1.29, 1.82) is 0 Å². The van der Waals surface area contributed by atoms with Crippen molar-refractivity contribution in [2.45, 2.75) is 12.3 Å². The molecule has 1 atom stereocenters. The molecule has 0 saturated carbocycles. The summed E-state index contributed by atoms with van der Waals surface area (Å²) in [6.07, 6.45) is -5.70. The number of hydrogen-bond acceptors (Lipinski definition) is 2. The van der Waals surface area contributed by atoms with Gasteiger partial charge in [-0.1, -0.05) is 6.07 Å². The van der Waals surface area contributed by atoms with Gasteiger partial charge in [0.05, 0.1) is 23.2 Å². The van der Waals surface area contributed by atoms with Gasteiger partial charge in [-0.05, 0) is 12.1 Å². The molecule has 0 fully saturated rings. The molecule has 0 heterocycles. The summed E-state index contributed by atoms with van der Waals surface area (Å²) in [4.78, 5) is 0. The number of aliphatic hydroxyl groups excluding tert-OH is 1. The van der Waals surface area contributed by atoms with E-state index in [1.807, 2.05) is 0 Å². The second-order valence-electron chi connectivity index (χ2n) is 3.35. The largest absolute Gasteiger partial charge is 0.418 e. The van der Waals surface area contributed by atoms with Gasteiger partial charge in [-0.2, -0.15) is 13.2 Å². The van der Waals surface area contributed by atoms with E-state index >= 15 is 0 Å². The molecule has 0 aromatic heterocycles. The zero-order valence-electron chi connectivity index (χ0n) is 8.56. The maximum absolute atomic E-state index is 13.3. The standard InChI is InChI=1S/C10H10ClF4NO/c11-4-6(17)5-16-9-7(10(13,14)15)2-1-3-8(9)12/h1-3,6,16-17H,4-5H2. The Bertz CT molecular complexity index is 383. The molecule has 0 radical (unpaired) electrons. The molecule has 0 aliphatic rings. The second-order valence-corrected chi connectivity index (χ2v) is 3.66. The molecule has 0 saturated heterocycles. The Kier molecular flexibility index (Phi) is 4.59. The fourth-order valence-electron chi connectivity index (χ4n) is 1.21. The first-order valence-electron chi connectivity index (χ1n) is 4.70. The average Bonchev–Trinajstić information content (AvgIpc) is 2.25. The van der Waals surface area contributed by atoms with Gasteiger partial charge < -0.3 is 10.4 Å². The van der Waals surface area contributed by atoms with Gasteiger partial charge in [0.15, 0.2) is 0 Å². The molecule has 2 N–H and O–H groups in total. The monoisotopic (exact) mass is 271 g/mol. The quantitative estimate of drug-likeness (QED) is 0.652. The lowest BCUT2D eigenvalue weighted by molar-refractivity contribution is -0.137. The first-order chi connectivity index (χ1) is 7.86. The van der Waals surface area contributed by atoms with Gasteiger partial charge in [0, 0.05) is 6.54 Å². The van der Waals surface area contributed by atoms with Crippen LogP contribution in [-0.2, 0) is 6.18 Å². The van der Waals surface area contributed by atoms with Crippen LogP contribution in [0.15, 0.2) is 18.2 Å². The van der Waals surface area contributed by atoms with E-state index in [2.05, 4.69) is 5.32 Å². The van der Waals surface area contributed by atoms with Gasteiger partial charge in [-0.25, -0.2) is 4.39 Å². The van der Waals surface area contributed by atoms with Crippen LogP contribution in [0.25, 0.3) is 0 Å². The Morgan fingerprint density at radius 3 is 2.53 bits per heavy atom. The number of benzene rings is 1. The number of hydrogen-bond donors (Lipinski definition) is 2. The van der Waals surface area contributed by atoms with Crippen LogP contribution in [0.3, 0.4) is 0 Å². The van der Waals surface area contributed by atoms with Crippen molar-refractivity contribution < 1.29 is 22.7 Å². The number of aliphatic hydroxyl groups is 1. The molecule has 17 heavy (non-hydrogen) atoms. The molecule has 0 amide bonds. The van der Waals surface area contributed by atoms with Gasteiger partial charge in [-0.15, -0.1) is 11.6 Å². The first-order valence-corrected chi connectivity index (χ1v) is 5.23. The molecule has 1 aromatic carbocycles. The van der Waals surface area contributed by atoms with E-state index in [1.165, 1.54) is 0 Å². The van der Waals surface area contributed by atoms with Crippen LogP contribution in [0, 0.1) is 5.82 Å². The summed E-state index contributed by atoms with van der Waals surface area (Å²) in [5, 5.41) is 11.3. The highest BCUT2D eigenvalue weighted by molar-refractivity contribution is 6.18. The predicted octanol–water partition coefficient (Wildman–Crippen LogP) is 2.86. The molecule has 96 valence electrons. The highest BCUT2D eigenvalue weighted by atomic mass is 35.5. The van der Waals surface area contributed by atoms with Crippen molar-refractivity contribution in [3.05, 3.63) is 29.6 Å². The number of rotatable bonds is 4. The zero-order valence-corrected chi connectivity index (χ0v) is 9.32. The van der Waals surface area contributed by atoms with Crippen molar-refractivity contribution in [2.75, 3.05) is 17.7 Å². The lowest BCUT2D eigenvalue weighted by Gasteiger charge is -2.16. The predicted molar refractivity (Wildman–Crippen MR) is 56.6 cm³/mol. The minimum Gasteiger partial charge on any atom is -0.390 e. The van der Waals surface area contributed by atoms with Crippen LogP contribution in [0.5, 0.6) is 0 Å². The maximum Gasteiger partial charge on any atom is 0.418 e. The van der Waals surface area contributed by atoms with E-state index in [0.29, 0.717) is 0 Å².